The summed E-state index contributed by atoms with van der Waals surface area (Å²) < 4.78 is 0. The average Bonchev–Trinajstić information content (AvgIpc) is 2.48. The third-order valence-corrected chi connectivity index (χ3v) is 4.30. The minimum absolute atomic E-state index is 0.205. The molecule has 3 heteroatoms. The fourth-order valence-corrected chi connectivity index (χ4v) is 2.83. The molecule has 0 spiro atoms. The highest BCUT2D eigenvalue weighted by Crippen LogP contribution is 2.20. The van der Waals surface area contributed by atoms with E-state index < -0.39 is 0 Å². The Morgan fingerprint density at radius 3 is 2.57 bits per heavy atom. The predicted molar refractivity (Wildman–Crippen MR) is 87.0 cm³/mol. The maximum atomic E-state index is 12.1. The number of likely N-dealkylation sites (tertiary alicyclic amines) is 1. The van der Waals surface area contributed by atoms with Gasteiger partial charge in [-0.25, -0.2) is 0 Å². The number of carbonyl (C=O) groups is 1. The topological polar surface area (TPSA) is 32.3 Å². The van der Waals surface area contributed by atoms with Crippen LogP contribution < -0.4 is 5.32 Å². The Kier molecular flexibility index (Phi) is 5.80. The lowest BCUT2D eigenvalue weighted by Crippen LogP contribution is -2.41. The van der Waals surface area contributed by atoms with Gasteiger partial charge in [-0.1, -0.05) is 38.1 Å². The van der Waals surface area contributed by atoms with E-state index in [9.17, 15) is 4.79 Å². The first-order valence-corrected chi connectivity index (χ1v) is 8.11. The van der Waals surface area contributed by atoms with Crippen LogP contribution in [0.4, 0.5) is 0 Å². The van der Waals surface area contributed by atoms with Crippen molar-refractivity contribution < 1.29 is 4.79 Å². The van der Waals surface area contributed by atoms with Crippen LogP contribution in [-0.4, -0.2) is 30.4 Å². The molecular weight excluding hydrogens is 260 g/mol. The summed E-state index contributed by atoms with van der Waals surface area (Å²) in [6.45, 7) is 10.3. The Morgan fingerprint density at radius 2 is 1.95 bits per heavy atom. The van der Waals surface area contributed by atoms with Crippen LogP contribution in [0.25, 0.3) is 0 Å². The molecule has 1 aliphatic heterocycles. The van der Waals surface area contributed by atoms with E-state index in [1.54, 1.807) is 0 Å². The molecule has 3 nitrogen and oxygen atoms in total. The third-order valence-electron chi connectivity index (χ3n) is 4.30. The van der Waals surface area contributed by atoms with E-state index in [0.717, 1.165) is 39.0 Å². The van der Waals surface area contributed by atoms with Crippen molar-refractivity contribution in [3.8, 4) is 0 Å². The number of hydrogen-bond acceptors (Lipinski definition) is 2. The number of piperidine rings is 1. The SMILES string of the molecule is Cc1ccccc1CN1CCC(C(=O)NCC(C)C)CC1. The number of nitrogens with one attached hydrogen (secondary N) is 1. The van der Waals surface area contributed by atoms with E-state index in [0.29, 0.717) is 5.92 Å². The van der Waals surface area contributed by atoms with E-state index >= 15 is 0 Å². The second-order valence-corrected chi connectivity index (χ2v) is 6.62. The molecule has 0 saturated carbocycles. The fourth-order valence-electron chi connectivity index (χ4n) is 2.83. The van der Waals surface area contributed by atoms with Gasteiger partial charge in [-0.2, -0.15) is 0 Å². The highest BCUT2D eigenvalue weighted by Gasteiger charge is 2.24. The van der Waals surface area contributed by atoms with Crippen molar-refractivity contribution >= 4 is 5.91 Å². The monoisotopic (exact) mass is 288 g/mol. The first-order valence-electron chi connectivity index (χ1n) is 8.11. The average molecular weight is 288 g/mol. The Hall–Kier alpha value is -1.35. The van der Waals surface area contributed by atoms with Crippen LogP contribution in [0.5, 0.6) is 0 Å². The molecule has 0 aromatic heterocycles. The summed E-state index contributed by atoms with van der Waals surface area (Å²) in [5, 5.41) is 3.07. The summed E-state index contributed by atoms with van der Waals surface area (Å²) in [5.74, 6) is 0.978. The van der Waals surface area contributed by atoms with Crippen molar-refractivity contribution in [2.24, 2.45) is 11.8 Å². The van der Waals surface area contributed by atoms with Gasteiger partial charge in [0.2, 0.25) is 5.91 Å². The molecule has 0 bridgehead atoms. The number of rotatable bonds is 5. The van der Waals surface area contributed by atoms with Gasteiger partial charge >= 0.3 is 0 Å². The number of nitrogens with zero attached hydrogens (tertiary/aromatic N) is 1. The van der Waals surface area contributed by atoms with E-state index in [1.807, 2.05) is 0 Å². The lowest BCUT2D eigenvalue weighted by atomic mass is 9.95. The molecule has 1 aromatic rings. The number of hydrogen-bond donors (Lipinski definition) is 1. The lowest BCUT2D eigenvalue weighted by Gasteiger charge is -2.31. The third kappa shape index (κ3) is 4.85. The minimum atomic E-state index is 0.205. The van der Waals surface area contributed by atoms with Gasteiger partial charge in [0.1, 0.15) is 0 Å². The fraction of sp³-hybridized carbons (Fsp3) is 0.611. The van der Waals surface area contributed by atoms with Gasteiger partial charge in [-0.15, -0.1) is 0 Å². The highest BCUT2D eigenvalue weighted by atomic mass is 16.1. The Morgan fingerprint density at radius 1 is 1.29 bits per heavy atom. The van der Waals surface area contributed by atoms with Gasteiger partial charge in [-0.3, -0.25) is 9.69 Å². The maximum absolute atomic E-state index is 12.1. The molecule has 1 N–H and O–H groups in total. The summed E-state index contributed by atoms with van der Waals surface area (Å²) >= 11 is 0. The van der Waals surface area contributed by atoms with Crippen molar-refractivity contribution in [2.75, 3.05) is 19.6 Å². The summed E-state index contributed by atoms with van der Waals surface area (Å²) in [6.07, 6.45) is 1.96. The van der Waals surface area contributed by atoms with E-state index in [1.165, 1.54) is 11.1 Å². The van der Waals surface area contributed by atoms with Crippen LogP contribution in [0.3, 0.4) is 0 Å². The van der Waals surface area contributed by atoms with Crippen LogP contribution >= 0.6 is 0 Å². The highest BCUT2D eigenvalue weighted by molar-refractivity contribution is 5.78. The zero-order valence-electron chi connectivity index (χ0n) is 13.6. The molecule has 1 aliphatic rings. The van der Waals surface area contributed by atoms with E-state index in [-0.39, 0.29) is 11.8 Å². The molecule has 2 rings (SSSR count). The number of benzene rings is 1. The van der Waals surface area contributed by atoms with Gasteiger partial charge in [0.15, 0.2) is 0 Å². The van der Waals surface area contributed by atoms with Crippen molar-refractivity contribution in [1.82, 2.24) is 10.2 Å². The normalized spacial score (nSPS) is 17.1. The first kappa shape index (κ1) is 16.0. The van der Waals surface area contributed by atoms with Crippen LogP contribution in [-0.2, 0) is 11.3 Å². The van der Waals surface area contributed by atoms with Crippen LogP contribution in [0.15, 0.2) is 24.3 Å². The van der Waals surface area contributed by atoms with Crippen molar-refractivity contribution in [3.05, 3.63) is 35.4 Å². The predicted octanol–water partition coefficient (Wildman–Crippen LogP) is 2.98. The molecule has 1 amide bonds. The zero-order valence-corrected chi connectivity index (χ0v) is 13.6. The quantitative estimate of drug-likeness (QED) is 0.903. The molecular formula is C18H28N2O. The van der Waals surface area contributed by atoms with Gasteiger partial charge < -0.3 is 5.32 Å². The summed E-state index contributed by atoms with van der Waals surface area (Å²) in [5.41, 5.74) is 2.76. The molecule has 1 saturated heterocycles. The molecule has 116 valence electrons. The molecule has 1 fully saturated rings. The maximum Gasteiger partial charge on any atom is 0.223 e. The Labute approximate surface area is 128 Å². The van der Waals surface area contributed by atoms with Gasteiger partial charge in [0, 0.05) is 19.0 Å². The largest absolute Gasteiger partial charge is 0.356 e. The second kappa shape index (κ2) is 7.60. The molecule has 0 unspecified atom stereocenters. The lowest BCUT2D eigenvalue weighted by molar-refractivity contribution is -0.126. The van der Waals surface area contributed by atoms with E-state index in [2.05, 4.69) is 55.3 Å². The van der Waals surface area contributed by atoms with Crippen molar-refractivity contribution in [2.45, 2.75) is 40.2 Å². The molecule has 0 atom stereocenters. The first-order chi connectivity index (χ1) is 10.1. The van der Waals surface area contributed by atoms with Crippen LogP contribution in [0, 0.1) is 18.8 Å². The minimum Gasteiger partial charge on any atom is -0.356 e. The molecule has 1 heterocycles. The van der Waals surface area contributed by atoms with Crippen LogP contribution in [0.1, 0.15) is 37.8 Å². The Bertz CT molecular complexity index is 462. The smallest absolute Gasteiger partial charge is 0.223 e. The Balaban J connectivity index is 1.78. The van der Waals surface area contributed by atoms with Gasteiger partial charge in [-0.05, 0) is 49.9 Å². The summed E-state index contributed by atoms with van der Waals surface area (Å²) in [7, 11) is 0. The second-order valence-electron chi connectivity index (χ2n) is 6.62. The molecule has 0 aliphatic carbocycles. The molecule has 1 aromatic carbocycles. The number of aryl methyl sites for hydroxylation is 1. The number of carbonyl (C=O) groups excluding carboxylic acids is 1. The standard InChI is InChI=1S/C18H28N2O/c1-14(2)12-19-18(21)16-8-10-20(11-9-16)13-17-7-5-4-6-15(17)3/h4-7,14,16H,8-13H2,1-3H3,(H,19,21). The summed E-state index contributed by atoms with van der Waals surface area (Å²) in [6, 6.07) is 8.57. The van der Waals surface area contributed by atoms with Crippen molar-refractivity contribution in [3.63, 3.8) is 0 Å². The zero-order chi connectivity index (χ0) is 15.2. The number of amides is 1. The van der Waals surface area contributed by atoms with Crippen LogP contribution in [0.2, 0.25) is 0 Å². The molecule has 0 radical (unpaired) electrons. The van der Waals surface area contributed by atoms with Gasteiger partial charge in [0.05, 0.1) is 0 Å². The van der Waals surface area contributed by atoms with Gasteiger partial charge in [0.25, 0.3) is 0 Å². The van der Waals surface area contributed by atoms with Crippen molar-refractivity contribution in [1.29, 1.82) is 0 Å². The summed E-state index contributed by atoms with van der Waals surface area (Å²) in [4.78, 5) is 14.6. The van der Waals surface area contributed by atoms with E-state index in [4.69, 9.17) is 0 Å². The molecule has 21 heavy (non-hydrogen) atoms.